The van der Waals surface area contributed by atoms with E-state index in [1.807, 2.05) is 36.6 Å². The molecule has 0 radical (unpaired) electrons. The minimum atomic E-state index is -5.12. The smallest absolute Gasteiger partial charge is 0.396 e. The van der Waals surface area contributed by atoms with Gasteiger partial charge in [-0.15, -0.1) is 0 Å². The number of primary amides is 1. The molecule has 6 amide bonds. The van der Waals surface area contributed by atoms with Crippen LogP contribution in [0.5, 0.6) is 0 Å². The van der Waals surface area contributed by atoms with Crippen LogP contribution in [-0.2, 0) is 62.1 Å². The fourth-order valence-electron chi connectivity index (χ4n) is 7.05. The van der Waals surface area contributed by atoms with Crippen LogP contribution in [0.15, 0.2) is 48.0 Å². The minimum absolute atomic E-state index is 0.0934. The van der Waals surface area contributed by atoms with Crippen molar-refractivity contribution in [2.75, 3.05) is 19.8 Å². The van der Waals surface area contributed by atoms with E-state index in [4.69, 9.17) is 10.6 Å². The topological polar surface area (TPSA) is 306 Å². The summed E-state index contributed by atoms with van der Waals surface area (Å²) in [4.78, 5) is 109. The van der Waals surface area contributed by atoms with Crippen LogP contribution in [0.3, 0.4) is 0 Å². The Morgan fingerprint density at radius 1 is 0.952 bits per heavy atom. The molecule has 22 heteroatoms. The zero-order valence-corrected chi connectivity index (χ0v) is 37.3. The first-order valence-electron chi connectivity index (χ1n) is 21.2. The average molecular weight is 906 g/mol. The molecule has 63 heavy (non-hydrogen) atoms. The van der Waals surface area contributed by atoms with Crippen LogP contribution in [-0.4, -0.2) is 127 Å². The van der Waals surface area contributed by atoms with Crippen LogP contribution in [0.1, 0.15) is 90.3 Å². The molecule has 21 nitrogen and oxygen atoms in total. The number of aryl methyl sites for hydroxylation is 2. The number of aromatic nitrogens is 2. The number of imidazole rings is 1. The largest absolute Gasteiger partial charge is 0.469 e. The van der Waals surface area contributed by atoms with Crippen LogP contribution in [0.2, 0.25) is 0 Å². The Bertz CT molecular complexity index is 1880. The van der Waals surface area contributed by atoms with Crippen LogP contribution < -0.4 is 27.0 Å². The molecule has 0 saturated carbocycles. The molecule has 1 aliphatic heterocycles. The standard InChI is InChI=1S/C41H64N9O12P/c1-27(2)22-32(46-41(57)35-17-13-20-50(35)29(4)52)38(54)45-33(39(55)47-34(25-51)40(56)48-36(37(42)53)28(3)62-63(58,59)60)23-31-24-43-26-49(31)19-10-5-6-11-21-61-44-18-12-16-30-14-8-7-9-15-30/h7-9,14-15,18,24,26-28,32-36,51H,5-6,10-13,16-17,19-23,25H2,1-4H3,(H2,42,53)(H,45,54)(H,46,57)(H,47,55)(H,48,56)(H2,58,59,60)/b44-18+/t28-,32+,33+,34+,35+,36+/m1/s1. The van der Waals surface area contributed by atoms with Gasteiger partial charge in [0.25, 0.3) is 0 Å². The monoisotopic (exact) mass is 905 g/mol. The molecule has 2 aromatic rings. The van der Waals surface area contributed by atoms with Gasteiger partial charge in [0.1, 0.15) is 36.8 Å². The van der Waals surface area contributed by atoms with E-state index in [2.05, 4.69) is 48.1 Å². The first-order valence-corrected chi connectivity index (χ1v) is 22.7. The Morgan fingerprint density at radius 2 is 1.62 bits per heavy atom. The first kappa shape index (κ1) is 52.1. The number of nitrogens with one attached hydrogen (secondary N) is 4. The van der Waals surface area contributed by atoms with Crippen molar-refractivity contribution in [1.82, 2.24) is 35.7 Å². The maximum Gasteiger partial charge on any atom is 0.469 e. The third-order valence-electron chi connectivity index (χ3n) is 10.3. The number of amides is 6. The zero-order chi connectivity index (χ0) is 46.5. The normalized spacial score (nSPS) is 16.5. The van der Waals surface area contributed by atoms with Crippen molar-refractivity contribution in [3.63, 3.8) is 0 Å². The van der Waals surface area contributed by atoms with Gasteiger partial charge in [-0.3, -0.25) is 33.3 Å². The second-order valence-electron chi connectivity index (χ2n) is 15.9. The number of likely N-dealkylation sites (tertiary alicyclic amines) is 1. The van der Waals surface area contributed by atoms with E-state index < -0.39 is 80.3 Å². The number of hydrogen-bond donors (Lipinski definition) is 8. The molecular formula is C41H64N9O12P. The molecule has 350 valence electrons. The fraction of sp³-hybridized carbons (Fsp3) is 0.610. The maximum absolute atomic E-state index is 14.0. The number of nitrogens with zero attached hydrogens (tertiary/aromatic N) is 4. The van der Waals surface area contributed by atoms with E-state index in [1.54, 1.807) is 12.5 Å². The summed E-state index contributed by atoms with van der Waals surface area (Å²) < 4.78 is 17.7. The van der Waals surface area contributed by atoms with Crippen molar-refractivity contribution in [3.8, 4) is 0 Å². The van der Waals surface area contributed by atoms with Gasteiger partial charge in [0, 0.05) is 44.5 Å². The second-order valence-corrected chi connectivity index (χ2v) is 17.1. The number of hydrogen-bond acceptors (Lipinski definition) is 12. The summed E-state index contributed by atoms with van der Waals surface area (Å²) in [6.45, 7) is 6.52. The summed E-state index contributed by atoms with van der Waals surface area (Å²) in [5.41, 5.74) is 7.12. The summed E-state index contributed by atoms with van der Waals surface area (Å²) in [5.74, 6) is -4.91. The first-order chi connectivity index (χ1) is 29.9. The van der Waals surface area contributed by atoms with Gasteiger partial charge < -0.3 is 56.2 Å². The zero-order valence-electron chi connectivity index (χ0n) is 36.4. The highest BCUT2D eigenvalue weighted by molar-refractivity contribution is 7.46. The number of carbonyl (C=O) groups excluding carboxylic acids is 6. The molecule has 1 fully saturated rings. The predicted octanol–water partition coefficient (Wildman–Crippen LogP) is 0.593. The van der Waals surface area contributed by atoms with Gasteiger partial charge in [-0.25, -0.2) is 9.55 Å². The number of oxime groups is 1. The van der Waals surface area contributed by atoms with E-state index in [-0.39, 0.29) is 24.7 Å². The van der Waals surface area contributed by atoms with E-state index in [1.165, 1.54) is 23.6 Å². The van der Waals surface area contributed by atoms with Gasteiger partial charge in [-0.1, -0.05) is 55.8 Å². The number of aliphatic hydroxyl groups is 1. The lowest BCUT2D eigenvalue weighted by Crippen LogP contribution is -2.61. The number of rotatable bonds is 28. The summed E-state index contributed by atoms with van der Waals surface area (Å²) in [6, 6.07) is 3.29. The molecule has 1 saturated heterocycles. The van der Waals surface area contributed by atoms with Crippen molar-refractivity contribution >= 4 is 49.5 Å². The lowest BCUT2D eigenvalue weighted by Gasteiger charge is -2.28. The molecule has 3 rings (SSSR count). The van der Waals surface area contributed by atoms with E-state index >= 15 is 0 Å². The highest BCUT2D eigenvalue weighted by atomic mass is 31.2. The van der Waals surface area contributed by atoms with Crippen LogP contribution in [0.25, 0.3) is 0 Å². The third-order valence-corrected chi connectivity index (χ3v) is 10.9. The van der Waals surface area contributed by atoms with E-state index in [0.717, 1.165) is 45.4 Å². The molecule has 0 bridgehead atoms. The van der Waals surface area contributed by atoms with Crippen molar-refractivity contribution in [1.29, 1.82) is 0 Å². The molecule has 1 aromatic heterocycles. The van der Waals surface area contributed by atoms with Gasteiger partial charge in [0.05, 0.1) is 19.0 Å². The van der Waals surface area contributed by atoms with Crippen molar-refractivity contribution in [2.45, 2.75) is 135 Å². The summed E-state index contributed by atoms with van der Waals surface area (Å²) in [7, 11) is -5.12. The van der Waals surface area contributed by atoms with Crippen LogP contribution in [0, 0.1) is 5.92 Å². The molecular weight excluding hydrogens is 841 g/mol. The Morgan fingerprint density at radius 3 is 2.27 bits per heavy atom. The number of unbranched alkanes of at least 4 members (excludes halogenated alkanes) is 3. The van der Waals surface area contributed by atoms with E-state index in [0.29, 0.717) is 38.2 Å². The number of nitrogens with two attached hydrogens (primary N) is 1. The SMILES string of the molecule is CC(=O)N1CCC[C@H]1C(=O)N[C@@H](CC(C)C)C(=O)N[C@@H](Cc1cncn1CCCCCCO/N=C/CCc1ccccc1)C(=O)N[C@@H](CO)C(=O)N[C@H](C(N)=O)[C@@H](C)OP(=O)(O)O. The molecule has 6 atom stereocenters. The average Bonchev–Trinajstić information content (AvgIpc) is 3.90. The number of carbonyl (C=O) groups is 6. The van der Waals surface area contributed by atoms with Gasteiger partial charge in [0.2, 0.25) is 35.4 Å². The molecule has 9 N–H and O–H groups in total. The number of aliphatic hydroxyl groups excluding tert-OH is 1. The number of phosphoric acid groups is 1. The Hall–Kier alpha value is -5.21. The van der Waals surface area contributed by atoms with Gasteiger partial charge in [0.15, 0.2) is 0 Å². The number of benzene rings is 1. The van der Waals surface area contributed by atoms with Crippen molar-refractivity contribution in [2.24, 2.45) is 16.8 Å². The summed E-state index contributed by atoms with van der Waals surface area (Å²) >= 11 is 0. The summed E-state index contributed by atoms with van der Waals surface area (Å²) in [5, 5.41) is 24.2. The van der Waals surface area contributed by atoms with Gasteiger partial charge >= 0.3 is 7.82 Å². The third kappa shape index (κ3) is 18.6. The minimum Gasteiger partial charge on any atom is -0.396 e. The van der Waals surface area contributed by atoms with Gasteiger partial charge in [-0.05, 0) is 69.8 Å². The molecule has 2 heterocycles. The molecule has 1 aliphatic rings. The molecule has 0 aliphatic carbocycles. The van der Waals surface area contributed by atoms with Crippen molar-refractivity contribution in [3.05, 3.63) is 54.1 Å². The maximum atomic E-state index is 14.0. The lowest BCUT2D eigenvalue weighted by molar-refractivity contribution is -0.139. The molecule has 0 unspecified atom stereocenters. The Balaban J connectivity index is 1.71. The second kappa shape index (κ2) is 26.4. The van der Waals surface area contributed by atoms with Crippen LogP contribution >= 0.6 is 7.82 Å². The predicted molar refractivity (Wildman–Crippen MR) is 230 cm³/mol. The lowest BCUT2D eigenvalue weighted by atomic mass is 10.0. The Labute approximate surface area is 367 Å². The molecule has 1 aromatic carbocycles. The van der Waals surface area contributed by atoms with E-state index in [9.17, 15) is 48.2 Å². The number of phosphoric ester groups is 1. The highest BCUT2D eigenvalue weighted by Crippen LogP contribution is 2.38. The van der Waals surface area contributed by atoms with Crippen molar-refractivity contribution < 1.29 is 57.6 Å². The van der Waals surface area contributed by atoms with Crippen LogP contribution in [0.4, 0.5) is 0 Å². The fourth-order valence-corrected chi connectivity index (χ4v) is 7.61. The highest BCUT2D eigenvalue weighted by Gasteiger charge is 2.37. The Kier molecular flexibility index (Phi) is 21.9. The summed E-state index contributed by atoms with van der Waals surface area (Å²) in [6.07, 6.45) is 9.20. The quantitative estimate of drug-likeness (QED) is 0.0251. The molecule has 0 spiro atoms. The van der Waals surface area contributed by atoms with Gasteiger partial charge in [-0.2, -0.15) is 0 Å².